The van der Waals surface area contributed by atoms with Gasteiger partial charge < -0.3 is 10.1 Å². The Morgan fingerprint density at radius 1 is 1.25 bits per heavy atom. The first-order chi connectivity index (χ1) is 9.66. The van der Waals surface area contributed by atoms with Crippen molar-refractivity contribution in [3.63, 3.8) is 0 Å². The molecule has 1 amide bonds. The zero-order chi connectivity index (χ0) is 14.4. The van der Waals surface area contributed by atoms with Crippen LogP contribution in [0, 0.1) is 11.8 Å². The van der Waals surface area contributed by atoms with Crippen LogP contribution in [0.1, 0.15) is 46.0 Å². The average molecular weight is 282 g/mol. The van der Waals surface area contributed by atoms with E-state index in [9.17, 15) is 4.79 Å². The first kappa shape index (κ1) is 15.8. The van der Waals surface area contributed by atoms with Crippen LogP contribution in [-0.2, 0) is 9.53 Å². The molecule has 1 saturated heterocycles. The fourth-order valence-electron chi connectivity index (χ4n) is 3.40. The predicted molar refractivity (Wildman–Crippen MR) is 80.6 cm³/mol. The second-order valence-corrected chi connectivity index (χ2v) is 6.66. The number of rotatable bonds is 6. The molecule has 1 unspecified atom stereocenters. The summed E-state index contributed by atoms with van der Waals surface area (Å²) < 4.78 is 5.43. The molecule has 1 atom stereocenters. The van der Waals surface area contributed by atoms with E-state index in [0.29, 0.717) is 12.0 Å². The normalized spacial score (nSPS) is 23.1. The van der Waals surface area contributed by atoms with Gasteiger partial charge in [-0.1, -0.05) is 26.7 Å². The molecular weight excluding hydrogens is 252 g/mol. The number of carbonyl (C=O) groups excluding carboxylic acids is 1. The Bertz CT molecular complexity index is 295. The van der Waals surface area contributed by atoms with Gasteiger partial charge in [0.2, 0.25) is 5.91 Å². The van der Waals surface area contributed by atoms with Gasteiger partial charge >= 0.3 is 0 Å². The third kappa shape index (κ3) is 4.74. The van der Waals surface area contributed by atoms with Crippen LogP contribution >= 0.6 is 0 Å². The van der Waals surface area contributed by atoms with Gasteiger partial charge in [0.05, 0.1) is 13.2 Å². The smallest absolute Gasteiger partial charge is 0.223 e. The molecule has 0 radical (unpaired) electrons. The van der Waals surface area contributed by atoms with Crippen LogP contribution in [0.5, 0.6) is 0 Å². The zero-order valence-electron chi connectivity index (χ0n) is 13.1. The number of ether oxygens (including phenoxy) is 1. The predicted octanol–water partition coefficient (Wildman–Crippen LogP) is 2.04. The highest BCUT2D eigenvalue weighted by molar-refractivity contribution is 5.78. The van der Waals surface area contributed by atoms with Crippen molar-refractivity contribution in [1.29, 1.82) is 0 Å². The van der Waals surface area contributed by atoms with E-state index < -0.39 is 0 Å². The third-order valence-electron chi connectivity index (χ3n) is 4.54. The maximum atomic E-state index is 12.2. The lowest BCUT2D eigenvalue weighted by atomic mass is 10.0. The van der Waals surface area contributed by atoms with E-state index in [4.69, 9.17) is 4.74 Å². The van der Waals surface area contributed by atoms with E-state index >= 15 is 0 Å². The first-order valence-electron chi connectivity index (χ1n) is 8.26. The number of nitrogens with one attached hydrogen (secondary N) is 1. The highest BCUT2D eigenvalue weighted by atomic mass is 16.5. The molecule has 1 heterocycles. The molecular formula is C16H30N2O2. The maximum Gasteiger partial charge on any atom is 0.223 e. The molecule has 2 fully saturated rings. The lowest BCUT2D eigenvalue weighted by molar-refractivity contribution is -0.125. The largest absolute Gasteiger partial charge is 0.379 e. The van der Waals surface area contributed by atoms with E-state index in [1.807, 2.05) is 0 Å². The van der Waals surface area contributed by atoms with E-state index in [-0.39, 0.29) is 11.8 Å². The molecule has 0 bridgehead atoms. The Kier molecular flexibility index (Phi) is 6.30. The monoisotopic (exact) mass is 282 g/mol. The minimum absolute atomic E-state index is 0.277. The second kappa shape index (κ2) is 7.99. The van der Waals surface area contributed by atoms with Gasteiger partial charge in [0.25, 0.3) is 0 Å². The number of amides is 1. The van der Waals surface area contributed by atoms with Crippen molar-refractivity contribution in [1.82, 2.24) is 10.2 Å². The lowest BCUT2D eigenvalue weighted by Gasteiger charge is -2.35. The van der Waals surface area contributed by atoms with Gasteiger partial charge in [-0.25, -0.2) is 0 Å². The van der Waals surface area contributed by atoms with Gasteiger partial charge in [-0.3, -0.25) is 9.69 Å². The van der Waals surface area contributed by atoms with Crippen LogP contribution in [-0.4, -0.2) is 49.7 Å². The van der Waals surface area contributed by atoms with Crippen molar-refractivity contribution in [2.75, 3.05) is 32.8 Å². The SMILES string of the molecule is CC(C)CC(CNC(=O)C1CCCC1)N1CCOCC1. The Labute approximate surface area is 123 Å². The van der Waals surface area contributed by atoms with Crippen LogP contribution < -0.4 is 5.32 Å². The molecule has 1 aliphatic heterocycles. The average Bonchev–Trinajstić information content (AvgIpc) is 2.98. The number of carbonyl (C=O) groups is 1. The quantitative estimate of drug-likeness (QED) is 0.810. The first-order valence-corrected chi connectivity index (χ1v) is 8.26. The van der Waals surface area contributed by atoms with E-state index in [1.165, 1.54) is 12.8 Å². The minimum Gasteiger partial charge on any atom is -0.379 e. The molecule has 1 N–H and O–H groups in total. The van der Waals surface area contributed by atoms with Crippen molar-refractivity contribution >= 4 is 5.91 Å². The number of morpholine rings is 1. The summed E-state index contributed by atoms with van der Waals surface area (Å²) >= 11 is 0. The van der Waals surface area contributed by atoms with Gasteiger partial charge in [0.15, 0.2) is 0 Å². The molecule has 0 aromatic carbocycles. The standard InChI is InChI=1S/C16H30N2O2/c1-13(2)11-15(18-7-9-20-10-8-18)12-17-16(19)14-5-3-4-6-14/h13-15H,3-12H2,1-2H3,(H,17,19). The summed E-state index contributed by atoms with van der Waals surface area (Å²) in [5.74, 6) is 1.22. The highest BCUT2D eigenvalue weighted by Gasteiger charge is 2.26. The van der Waals surface area contributed by atoms with Gasteiger partial charge in [-0.05, 0) is 25.2 Å². The molecule has 2 rings (SSSR count). The van der Waals surface area contributed by atoms with Crippen LogP contribution in [0.3, 0.4) is 0 Å². The van der Waals surface area contributed by atoms with Crippen molar-refractivity contribution in [3.05, 3.63) is 0 Å². The van der Waals surface area contributed by atoms with Crippen molar-refractivity contribution < 1.29 is 9.53 Å². The summed E-state index contributed by atoms with van der Waals surface area (Å²) in [4.78, 5) is 14.6. The van der Waals surface area contributed by atoms with Gasteiger partial charge in [-0.15, -0.1) is 0 Å². The van der Waals surface area contributed by atoms with Crippen molar-refractivity contribution in [2.24, 2.45) is 11.8 Å². The van der Waals surface area contributed by atoms with Gasteiger partial charge in [-0.2, -0.15) is 0 Å². The molecule has 0 spiro atoms. The number of hydrogen-bond donors (Lipinski definition) is 1. The Hall–Kier alpha value is -0.610. The molecule has 1 aliphatic carbocycles. The highest BCUT2D eigenvalue weighted by Crippen LogP contribution is 2.24. The topological polar surface area (TPSA) is 41.6 Å². The van der Waals surface area contributed by atoms with Crippen LogP contribution in [0.15, 0.2) is 0 Å². The summed E-state index contributed by atoms with van der Waals surface area (Å²) in [6.45, 7) is 8.95. The van der Waals surface area contributed by atoms with Gasteiger partial charge in [0, 0.05) is 31.6 Å². The number of hydrogen-bond acceptors (Lipinski definition) is 3. The van der Waals surface area contributed by atoms with Crippen molar-refractivity contribution in [3.8, 4) is 0 Å². The zero-order valence-corrected chi connectivity index (χ0v) is 13.1. The molecule has 116 valence electrons. The van der Waals surface area contributed by atoms with E-state index in [0.717, 1.165) is 52.1 Å². The van der Waals surface area contributed by atoms with Crippen molar-refractivity contribution in [2.45, 2.75) is 52.0 Å². The number of nitrogens with zero attached hydrogens (tertiary/aromatic N) is 1. The Morgan fingerprint density at radius 2 is 1.90 bits per heavy atom. The molecule has 2 aliphatic rings. The molecule has 0 aromatic heterocycles. The van der Waals surface area contributed by atoms with Crippen LogP contribution in [0.25, 0.3) is 0 Å². The summed E-state index contributed by atoms with van der Waals surface area (Å²) in [5, 5.41) is 3.21. The van der Waals surface area contributed by atoms with Crippen LogP contribution in [0.2, 0.25) is 0 Å². The fourth-order valence-corrected chi connectivity index (χ4v) is 3.40. The summed E-state index contributed by atoms with van der Waals surface area (Å²) in [7, 11) is 0. The van der Waals surface area contributed by atoms with Crippen LogP contribution in [0.4, 0.5) is 0 Å². The summed E-state index contributed by atoms with van der Waals surface area (Å²) in [6, 6.07) is 0.462. The van der Waals surface area contributed by atoms with E-state index in [1.54, 1.807) is 0 Å². The molecule has 4 nitrogen and oxygen atoms in total. The lowest BCUT2D eigenvalue weighted by Crippen LogP contribution is -2.49. The molecule has 0 aromatic rings. The minimum atomic E-state index is 0.277. The molecule has 20 heavy (non-hydrogen) atoms. The summed E-state index contributed by atoms with van der Waals surface area (Å²) in [5.41, 5.74) is 0. The van der Waals surface area contributed by atoms with E-state index in [2.05, 4.69) is 24.1 Å². The molecule has 4 heteroatoms. The fraction of sp³-hybridized carbons (Fsp3) is 0.938. The third-order valence-corrected chi connectivity index (χ3v) is 4.54. The Morgan fingerprint density at radius 3 is 2.50 bits per heavy atom. The summed E-state index contributed by atoms with van der Waals surface area (Å²) in [6.07, 6.45) is 5.75. The second-order valence-electron chi connectivity index (χ2n) is 6.66. The maximum absolute atomic E-state index is 12.2. The van der Waals surface area contributed by atoms with Gasteiger partial charge in [0.1, 0.15) is 0 Å². The molecule has 1 saturated carbocycles. The Balaban J connectivity index is 1.81.